The highest BCUT2D eigenvalue weighted by atomic mass is 19.1. The molecule has 0 spiro atoms. The van der Waals surface area contributed by atoms with Crippen LogP contribution in [-0.4, -0.2) is 11.8 Å². The average molecular weight is 281 g/mol. The summed E-state index contributed by atoms with van der Waals surface area (Å²) in [4.78, 5) is 4.66. The lowest BCUT2D eigenvalue weighted by Gasteiger charge is -2.08. The van der Waals surface area contributed by atoms with Gasteiger partial charge in [-0.2, -0.15) is 0 Å². The Kier molecular flexibility index (Phi) is 2.57. The number of benzene rings is 2. The lowest BCUT2D eigenvalue weighted by Crippen LogP contribution is -1.92. The first kappa shape index (κ1) is 12.1. The summed E-state index contributed by atoms with van der Waals surface area (Å²) in [6.07, 6.45) is 0. The molecule has 2 heterocycles. The summed E-state index contributed by atoms with van der Waals surface area (Å²) in [5, 5.41) is 1.03. The van der Waals surface area contributed by atoms with E-state index in [1.54, 1.807) is 12.1 Å². The standard InChI is InChI=1S/C17H12FNO2/c1-10-6-14(11-2-4-12(18)5-3-11)19-15-8-17-16(7-13(10)15)20-9-21-17/h2-8H,9H2,1H3. The zero-order valence-electron chi connectivity index (χ0n) is 11.4. The summed E-state index contributed by atoms with van der Waals surface area (Å²) in [7, 11) is 0. The molecule has 0 amide bonds. The summed E-state index contributed by atoms with van der Waals surface area (Å²) in [5.74, 6) is 1.22. The molecule has 3 aromatic rings. The van der Waals surface area contributed by atoms with E-state index in [1.165, 1.54) is 12.1 Å². The average Bonchev–Trinajstić information content (AvgIpc) is 2.93. The van der Waals surface area contributed by atoms with Gasteiger partial charge in [-0.05, 0) is 48.9 Å². The Morgan fingerprint density at radius 3 is 2.48 bits per heavy atom. The molecule has 0 N–H and O–H groups in total. The minimum atomic E-state index is -0.250. The largest absolute Gasteiger partial charge is 0.454 e. The molecule has 0 saturated carbocycles. The summed E-state index contributed by atoms with van der Waals surface area (Å²) < 4.78 is 23.8. The van der Waals surface area contributed by atoms with Crippen LogP contribution in [0.25, 0.3) is 22.2 Å². The van der Waals surface area contributed by atoms with Crippen LogP contribution < -0.4 is 9.47 Å². The highest BCUT2D eigenvalue weighted by Crippen LogP contribution is 2.37. The maximum Gasteiger partial charge on any atom is 0.231 e. The monoisotopic (exact) mass is 281 g/mol. The Labute approximate surface area is 121 Å². The maximum atomic E-state index is 13.0. The number of nitrogens with zero attached hydrogens (tertiary/aromatic N) is 1. The second-order valence-corrected chi connectivity index (χ2v) is 5.05. The number of aryl methyl sites for hydroxylation is 1. The fourth-order valence-corrected chi connectivity index (χ4v) is 2.55. The molecular formula is C17H12FNO2. The number of aromatic nitrogens is 1. The molecule has 0 radical (unpaired) electrons. The summed E-state index contributed by atoms with van der Waals surface area (Å²) in [6.45, 7) is 2.27. The van der Waals surface area contributed by atoms with Crippen LogP contribution in [0.5, 0.6) is 11.5 Å². The van der Waals surface area contributed by atoms with Gasteiger partial charge in [0.2, 0.25) is 6.79 Å². The quantitative estimate of drug-likeness (QED) is 0.673. The number of rotatable bonds is 1. The number of ether oxygens (including phenoxy) is 2. The van der Waals surface area contributed by atoms with E-state index in [0.29, 0.717) is 5.75 Å². The fraction of sp³-hybridized carbons (Fsp3) is 0.118. The maximum absolute atomic E-state index is 13.0. The lowest BCUT2D eigenvalue weighted by atomic mass is 10.0. The van der Waals surface area contributed by atoms with Crippen molar-refractivity contribution in [1.29, 1.82) is 0 Å². The summed E-state index contributed by atoms with van der Waals surface area (Å²) >= 11 is 0. The van der Waals surface area contributed by atoms with Gasteiger partial charge in [0.05, 0.1) is 11.2 Å². The number of halogens is 1. The Morgan fingerprint density at radius 2 is 1.71 bits per heavy atom. The molecule has 0 unspecified atom stereocenters. The van der Waals surface area contributed by atoms with Gasteiger partial charge in [-0.3, -0.25) is 0 Å². The number of hydrogen-bond acceptors (Lipinski definition) is 3. The van der Waals surface area contributed by atoms with E-state index in [0.717, 1.165) is 33.5 Å². The van der Waals surface area contributed by atoms with Crippen LogP contribution in [0.15, 0.2) is 42.5 Å². The van der Waals surface area contributed by atoms with Crippen LogP contribution in [0.2, 0.25) is 0 Å². The van der Waals surface area contributed by atoms with E-state index < -0.39 is 0 Å². The van der Waals surface area contributed by atoms with Crippen molar-refractivity contribution in [3.8, 4) is 22.8 Å². The van der Waals surface area contributed by atoms with Gasteiger partial charge in [0.15, 0.2) is 11.5 Å². The molecule has 0 saturated heterocycles. The van der Waals surface area contributed by atoms with Gasteiger partial charge in [-0.25, -0.2) is 9.37 Å². The lowest BCUT2D eigenvalue weighted by molar-refractivity contribution is 0.174. The van der Waals surface area contributed by atoms with Gasteiger partial charge < -0.3 is 9.47 Å². The van der Waals surface area contributed by atoms with E-state index in [1.807, 2.05) is 25.1 Å². The SMILES string of the molecule is Cc1cc(-c2ccc(F)cc2)nc2cc3c(cc12)OCO3. The molecule has 2 aromatic carbocycles. The van der Waals surface area contributed by atoms with Crippen molar-refractivity contribution in [2.45, 2.75) is 6.92 Å². The second-order valence-electron chi connectivity index (χ2n) is 5.05. The van der Waals surface area contributed by atoms with E-state index >= 15 is 0 Å². The van der Waals surface area contributed by atoms with Crippen molar-refractivity contribution >= 4 is 10.9 Å². The van der Waals surface area contributed by atoms with Crippen LogP contribution >= 0.6 is 0 Å². The van der Waals surface area contributed by atoms with Crippen molar-refractivity contribution in [2.24, 2.45) is 0 Å². The molecule has 3 nitrogen and oxygen atoms in total. The van der Waals surface area contributed by atoms with E-state index in [9.17, 15) is 4.39 Å². The minimum Gasteiger partial charge on any atom is -0.454 e. The molecule has 1 aliphatic heterocycles. The zero-order chi connectivity index (χ0) is 14.4. The van der Waals surface area contributed by atoms with Crippen molar-refractivity contribution in [1.82, 2.24) is 4.98 Å². The first-order valence-electron chi connectivity index (χ1n) is 6.68. The van der Waals surface area contributed by atoms with Gasteiger partial charge >= 0.3 is 0 Å². The Balaban J connectivity index is 1.92. The third-order valence-electron chi connectivity index (χ3n) is 3.65. The Morgan fingerprint density at radius 1 is 1.00 bits per heavy atom. The highest BCUT2D eigenvalue weighted by Gasteiger charge is 2.16. The number of pyridine rings is 1. The van der Waals surface area contributed by atoms with Crippen LogP contribution in [0.3, 0.4) is 0 Å². The van der Waals surface area contributed by atoms with Gasteiger partial charge in [0, 0.05) is 17.0 Å². The van der Waals surface area contributed by atoms with E-state index in [2.05, 4.69) is 4.98 Å². The van der Waals surface area contributed by atoms with E-state index in [-0.39, 0.29) is 12.6 Å². The molecule has 4 rings (SSSR count). The van der Waals surface area contributed by atoms with Crippen LogP contribution in [0.1, 0.15) is 5.56 Å². The molecule has 0 atom stereocenters. The Bertz CT molecular complexity index is 844. The van der Waals surface area contributed by atoms with Crippen molar-refractivity contribution in [2.75, 3.05) is 6.79 Å². The summed E-state index contributed by atoms with van der Waals surface area (Å²) in [6, 6.07) is 12.2. The van der Waals surface area contributed by atoms with Gasteiger partial charge in [-0.15, -0.1) is 0 Å². The van der Waals surface area contributed by atoms with Gasteiger partial charge in [0.25, 0.3) is 0 Å². The molecule has 0 aliphatic carbocycles. The highest BCUT2D eigenvalue weighted by molar-refractivity contribution is 5.88. The predicted molar refractivity (Wildman–Crippen MR) is 78.0 cm³/mol. The van der Waals surface area contributed by atoms with Gasteiger partial charge in [0.1, 0.15) is 5.82 Å². The molecule has 1 aliphatic rings. The first-order chi connectivity index (χ1) is 10.2. The molecule has 1 aromatic heterocycles. The molecule has 0 fully saturated rings. The first-order valence-corrected chi connectivity index (χ1v) is 6.68. The third kappa shape index (κ3) is 2.00. The molecule has 4 heteroatoms. The normalized spacial score (nSPS) is 12.9. The Hall–Kier alpha value is -2.62. The zero-order valence-corrected chi connectivity index (χ0v) is 11.4. The number of hydrogen-bond donors (Lipinski definition) is 0. The van der Waals surface area contributed by atoms with Gasteiger partial charge in [-0.1, -0.05) is 0 Å². The number of fused-ring (bicyclic) bond motifs is 2. The van der Waals surface area contributed by atoms with Crippen LogP contribution in [0, 0.1) is 12.7 Å². The third-order valence-corrected chi connectivity index (χ3v) is 3.65. The fourth-order valence-electron chi connectivity index (χ4n) is 2.55. The smallest absolute Gasteiger partial charge is 0.231 e. The van der Waals surface area contributed by atoms with Crippen molar-refractivity contribution in [3.05, 3.63) is 53.8 Å². The molecule has 0 bridgehead atoms. The van der Waals surface area contributed by atoms with Crippen molar-refractivity contribution in [3.63, 3.8) is 0 Å². The topological polar surface area (TPSA) is 31.4 Å². The minimum absolute atomic E-state index is 0.246. The molecule has 104 valence electrons. The van der Waals surface area contributed by atoms with Crippen molar-refractivity contribution < 1.29 is 13.9 Å². The predicted octanol–water partition coefficient (Wildman–Crippen LogP) is 4.08. The molecule has 21 heavy (non-hydrogen) atoms. The van der Waals surface area contributed by atoms with E-state index in [4.69, 9.17) is 9.47 Å². The second kappa shape index (κ2) is 4.45. The van der Waals surface area contributed by atoms with Crippen LogP contribution in [0.4, 0.5) is 4.39 Å². The summed E-state index contributed by atoms with van der Waals surface area (Å²) in [5.41, 5.74) is 3.65. The molecular weight excluding hydrogens is 269 g/mol. The van der Waals surface area contributed by atoms with Crippen LogP contribution in [-0.2, 0) is 0 Å².